The number of rotatable bonds is 3. The van der Waals surface area contributed by atoms with Crippen LogP contribution in [-0.4, -0.2) is 35.7 Å². The van der Waals surface area contributed by atoms with Crippen molar-refractivity contribution in [1.82, 2.24) is 9.88 Å². The first kappa shape index (κ1) is 14.5. The van der Waals surface area contributed by atoms with Gasteiger partial charge in [-0.25, -0.2) is 4.79 Å². The summed E-state index contributed by atoms with van der Waals surface area (Å²) in [5, 5.41) is 10.1. The predicted molar refractivity (Wildman–Crippen MR) is 83.4 cm³/mol. The van der Waals surface area contributed by atoms with Crippen LogP contribution in [0.15, 0.2) is 24.4 Å². The minimum atomic E-state index is -0.212. The van der Waals surface area contributed by atoms with Crippen LogP contribution < -0.4 is 0 Å². The molecule has 5 nitrogen and oxygen atoms in total. The molecule has 1 fully saturated rings. The van der Waals surface area contributed by atoms with E-state index in [0.717, 1.165) is 36.8 Å². The maximum absolute atomic E-state index is 11.8. The molecule has 1 N–H and O–H groups in total. The van der Waals surface area contributed by atoms with Gasteiger partial charge in [-0.1, -0.05) is 0 Å². The van der Waals surface area contributed by atoms with Gasteiger partial charge in [-0.2, -0.15) is 5.26 Å². The second kappa shape index (κ2) is 6.10. The zero-order valence-corrected chi connectivity index (χ0v) is 12.6. The van der Waals surface area contributed by atoms with Crippen molar-refractivity contribution in [3.63, 3.8) is 0 Å². The van der Waals surface area contributed by atoms with Gasteiger partial charge >= 0.3 is 6.09 Å². The van der Waals surface area contributed by atoms with Gasteiger partial charge in [-0.05, 0) is 49.4 Å². The number of fused-ring (bicyclic) bond motifs is 1. The fourth-order valence-corrected chi connectivity index (χ4v) is 3.11. The van der Waals surface area contributed by atoms with Crippen molar-refractivity contribution in [3.05, 3.63) is 35.5 Å². The normalized spacial score (nSPS) is 17.6. The molecule has 3 rings (SSSR count). The smallest absolute Gasteiger partial charge is 0.409 e. The number of aromatic amines is 1. The van der Waals surface area contributed by atoms with E-state index in [1.807, 2.05) is 31.3 Å². The fourth-order valence-electron chi connectivity index (χ4n) is 3.11. The maximum atomic E-state index is 11.8. The third-order valence-corrected chi connectivity index (χ3v) is 4.22. The Labute approximate surface area is 129 Å². The zero-order valence-electron chi connectivity index (χ0n) is 12.6. The summed E-state index contributed by atoms with van der Waals surface area (Å²) in [5.74, 6) is 0.439. The van der Waals surface area contributed by atoms with E-state index < -0.39 is 0 Å². The van der Waals surface area contributed by atoms with Crippen LogP contribution in [0.5, 0.6) is 0 Å². The monoisotopic (exact) mass is 297 g/mol. The van der Waals surface area contributed by atoms with Crippen LogP contribution in [0.1, 0.15) is 24.5 Å². The number of hydrogen-bond acceptors (Lipinski definition) is 3. The van der Waals surface area contributed by atoms with E-state index in [4.69, 9.17) is 10.00 Å². The lowest BCUT2D eigenvalue weighted by Crippen LogP contribution is -2.29. The molecule has 5 heteroatoms. The Morgan fingerprint density at radius 2 is 2.41 bits per heavy atom. The lowest BCUT2D eigenvalue weighted by Gasteiger charge is -2.15. The highest BCUT2D eigenvalue weighted by Crippen LogP contribution is 2.26. The Balaban J connectivity index is 1.72. The molecule has 0 aliphatic carbocycles. The molecule has 1 atom stereocenters. The van der Waals surface area contributed by atoms with Crippen molar-refractivity contribution in [2.75, 3.05) is 19.7 Å². The molecule has 0 saturated carbocycles. The van der Waals surface area contributed by atoms with Gasteiger partial charge in [0.2, 0.25) is 0 Å². The van der Waals surface area contributed by atoms with E-state index in [2.05, 4.69) is 11.1 Å². The van der Waals surface area contributed by atoms with Crippen molar-refractivity contribution in [1.29, 1.82) is 5.26 Å². The zero-order chi connectivity index (χ0) is 15.5. The molecule has 2 heterocycles. The van der Waals surface area contributed by atoms with E-state index in [1.54, 1.807) is 4.90 Å². The van der Waals surface area contributed by atoms with E-state index in [-0.39, 0.29) is 6.09 Å². The Bertz CT molecular complexity index is 729. The summed E-state index contributed by atoms with van der Waals surface area (Å²) < 4.78 is 5.05. The summed E-state index contributed by atoms with van der Waals surface area (Å²) in [7, 11) is 0. The third kappa shape index (κ3) is 2.77. The molecule has 1 aromatic carbocycles. The second-order valence-electron chi connectivity index (χ2n) is 5.69. The van der Waals surface area contributed by atoms with Crippen molar-refractivity contribution >= 4 is 17.0 Å². The molecule has 1 aliphatic heterocycles. The molecule has 0 radical (unpaired) electrons. The summed E-state index contributed by atoms with van der Waals surface area (Å²) in [6.45, 7) is 3.74. The highest BCUT2D eigenvalue weighted by molar-refractivity contribution is 5.84. The van der Waals surface area contributed by atoms with Gasteiger partial charge < -0.3 is 14.6 Å². The van der Waals surface area contributed by atoms with Crippen LogP contribution >= 0.6 is 0 Å². The van der Waals surface area contributed by atoms with Gasteiger partial charge in [0.25, 0.3) is 0 Å². The molecule has 1 amide bonds. The molecular weight excluding hydrogens is 278 g/mol. The molecule has 1 aliphatic rings. The number of nitriles is 1. The number of likely N-dealkylation sites (tertiary alicyclic amines) is 1. The lowest BCUT2D eigenvalue weighted by atomic mass is 9.98. The largest absolute Gasteiger partial charge is 0.450 e. The van der Waals surface area contributed by atoms with Gasteiger partial charge in [0.05, 0.1) is 18.2 Å². The predicted octanol–water partition coefficient (Wildman–Crippen LogP) is 3.06. The van der Waals surface area contributed by atoms with Crippen molar-refractivity contribution < 1.29 is 9.53 Å². The van der Waals surface area contributed by atoms with Crippen LogP contribution in [-0.2, 0) is 11.2 Å². The first-order valence-corrected chi connectivity index (χ1v) is 7.63. The summed E-state index contributed by atoms with van der Waals surface area (Å²) >= 11 is 0. The molecule has 1 saturated heterocycles. The van der Waals surface area contributed by atoms with Gasteiger partial charge in [-0.3, -0.25) is 0 Å². The first-order valence-electron chi connectivity index (χ1n) is 7.63. The number of carbonyl (C=O) groups is 1. The number of benzene rings is 1. The Morgan fingerprint density at radius 1 is 1.55 bits per heavy atom. The quantitative estimate of drug-likeness (QED) is 0.946. The number of H-pyrrole nitrogens is 1. The van der Waals surface area contributed by atoms with Gasteiger partial charge in [0.1, 0.15) is 0 Å². The third-order valence-electron chi connectivity index (χ3n) is 4.22. The van der Waals surface area contributed by atoms with Gasteiger partial charge in [0, 0.05) is 30.2 Å². The van der Waals surface area contributed by atoms with Gasteiger partial charge in [-0.15, -0.1) is 0 Å². The fraction of sp³-hybridized carbons (Fsp3) is 0.412. The summed E-state index contributed by atoms with van der Waals surface area (Å²) in [6.07, 6.45) is 3.70. The van der Waals surface area contributed by atoms with E-state index in [0.29, 0.717) is 18.1 Å². The molecule has 114 valence electrons. The van der Waals surface area contributed by atoms with Crippen LogP contribution in [0, 0.1) is 17.2 Å². The molecular formula is C17H19N3O2. The highest BCUT2D eigenvalue weighted by Gasteiger charge is 2.27. The summed E-state index contributed by atoms with van der Waals surface area (Å²) in [5.41, 5.74) is 2.94. The van der Waals surface area contributed by atoms with Crippen LogP contribution in [0.3, 0.4) is 0 Å². The van der Waals surface area contributed by atoms with E-state index in [9.17, 15) is 4.79 Å². The minimum Gasteiger partial charge on any atom is -0.450 e. The van der Waals surface area contributed by atoms with Crippen LogP contribution in [0.4, 0.5) is 4.79 Å². The molecule has 1 unspecified atom stereocenters. The van der Waals surface area contributed by atoms with Crippen molar-refractivity contribution in [3.8, 4) is 6.07 Å². The molecule has 1 aromatic heterocycles. The van der Waals surface area contributed by atoms with E-state index in [1.165, 1.54) is 5.56 Å². The van der Waals surface area contributed by atoms with Crippen LogP contribution in [0.2, 0.25) is 0 Å². The number of aromatic nitrogens is 1. The van der Waals surface area contributed by atoms with Crippen molar-refractivity contribution in [2.24, 2.45) is 5.92 Å². The van der Waals surface area contributed by atoms with Crippen molar-refractivity contribution in [2.45, 2.75) is 19.8 Å². The Morgan fingerprint density at radius 3 is 3.18 bits per heavy atom. The highest BCUT2D eigenvalue weighted by atomic mass is 16.6. The number of ether oxygens (including phenoxy) is 1. The minimum absolute atomic E-state index is 0.212. The second-order valence-corrected chi connectivity index (χ2v) is 5.69. The standard InChI is InChI=1S/C17H19N3O2/c1-2-22-17(21)20-6-5-13(11-20)7-14-10-19-16-4-3-12(9-18)8-15(14)16/h3-4,8,10,13,19H,2,5-7,11H2,1H3. The number of nitrogens with one attached hydrogen (secondary N) is 1. The number of amides is 1. The lowest BCUT2D eigenvalue weighted by molar-refractivity contribution is 0.114. The Kier molecular flexibility index (Phi) is 4.01. The Hall–Kier alpha value is -2.48. The summed E-state index contributed by atoms with van der Waals surface area (Å²) in [4.78, 5) is 16.8. The number of carbonyl (C=O) groups excluding carboxylic acids is 1. The summed E-state index contributed by atoms with van der Waals surface area (Å²) in [6, 6.07) is 7.87. The molecule has 2 aromatic rings. The van der Waals surface area contributed by atoms with Crippen LogP contribution in [0.25, 0.3) is 10.9 Å². The molecule has 0 spiro atoms. The van der Waals surface area contributed by atoms with Gasteiger partial charge in [0.15, 0.2) is 0 Å². The molecule has 22 heavy (non-hydrogen) atoms. The SMILES string of the molecule is CCOC(=O)N1CCC(Cc2c[nH]c3ccc(C#N)cc23)C1. The number of hydrogen-bond donors (Lipinski definition) is 1. The average Bonchev–Trinajstić information content (AvgIpc) is 3.15. The average molecular weight is 297 g/mol. The topological polar surface area (TPSA) is 69.1 Å². The first-order chi connectivity index (χ1) is 10.7. The number of nitrogens with zero attached hydrogens (tertiary/aromatic N) is 2. The molecule has 0 bridgehead atoms. The van der Waals surface area contributed by atoms with E-state index >= 15 is 0 Å². The maximum Gasteiger partial charge on any atom is 0.409 e.